The maximum absolute atomic E-state index is 5.75. The molecule has 4 heteroatoms. The molecule has 0 N–H and O–H groups in total. The van der Waals surface area contributed by atoms with Gasteiger partial charge in [-0.15, -0.1) is 0 Å². The molecular weight excluding hydrogens is 315 g/mol. The molecule has 0 bridgehead atoms. The van der Waals surface area contributed by atoms with E-state index in [1.165, 1.54) is 0 Å². The lowest BCUT2D eigenvalue weighted by atomic mass is 10.3. The Morgan fingerprint density at radius 3 is 2.75 bits per heavy atom. The molecule has 0 aliphatic rings. The first kappa shape index (κ1) is 11.4. The zero-order chi connectivity index (χ0) is 11.5. The van der Waals surface area contributed by atoms with Crippen LogP contribution in [0.15, 0.2) is 30.3 Å². The Kier molecular flexibility index (Phi) is 3.48. The number of nitrogens with zero attached hydrogens (tertiary/aromatic N) is 2. The van der Waals surface area contributed by atoms with Crippen LogP contribution in [0.2, 0.25) is 0 Å². The maximum atomic E-state index is 5.75. The van der Waals surface area contributed by atoms with E-state index < -0.39 is 0 Å². The first-order valence-electron chi connectivity index (χ1n) is 5.03. The number of para-hydroxylation sites is 1. The molecular formula is C12H13IN2O. The van der Waals surface area contributed by atoms with Crippen LogP contribution in [0.25, 0.3) is 0 Å². The second-order valence-electron chi connectivity index (χ2n) is 3.62. The highest BCUT2D eigenvalue weighted by atomic mass is 127. The Bertz CT molecular complexity index is 494. The number of hydrogen-bond acceptors (Lipinski definition) is 2. The quantitative estimate of drug-likeness (QED) is 0.810. The predicted octanol–water partition coefficient (Wildman–Crippen LogP) is 2.91. The second kappa shape index (κ2) is 4.86. The minimum Gasteiger partial charge on any atom is -0.486 e. The standard InChI is InChI=1S/C12H13IN2O/c1-9-7-10(15(2)14-9)8-16-12-6-4-3-5-11(12)13/h3-7H,8H2,1-2H3. The highest BCUT2D eigenvalue weighted by Crippen LogP contribution is 2.20. The van der Waals surface area contributed by atoms with Crippen LogP contribution in [0.5, 0.6) is 5.75 Å². The molecule has 0 unspecified atom stereocenters. The van der Waals surface area contributed by atoms with Crippen LogP contribution >= 0.6 is 22.6 Å². The molecule has 0 saturated carbocycles. The van der Waals surface area contributed by atoms with Crippen molar-refractivity contribution in [3.8, 4) is 5.75 Å². The summed E-state index contributed by atoms with van der Waals surface area (Å²) in [7, 11) is 1.93. The molecule has 1 aromatic heterocycles. The third-order valence-electron chi connectivity index (χ3n) is 2.31. The van der Waals surface area contributed by atoms with Gasteiger partial charge in [0.05, 0.1) is 15.0 Å². The number of halogens is 1. The van der Waals surface area contributed by atoms with Gasteiger partial charge in [0.2, 0.25) is 0 Å². The zero-order valence-corrected chi connectivity index (χ0v) is 11.4. The molecule has 0 atom stereocenters. The Hall–Kier alpha value is -1.04. The number of ether oxygens (including phenoxy) is 1. The monoisotopic (exact) mass is 328 g/mol. The number of aryl methyl sites for hydroxylation is 2. The van der Waals surface area contributed by atoms with Crippen LogP contribution in [-0.4, -0.2) is 9.78 Å². The lowest BCUT2D eigenvalue weighted by molar-refractivity contribution is 0.293. The van der Waals surface area contributed by atoms with Gasteiger partial charge in [-0.05, 0) is 47.7 Å². The van der Waals surface area contributed by atoms with Gasteiger partial charge in [0.25, 0.3) is 0 Å². The molecule has 2 rings (SSSR count). The molecule has 1 heterocycles. The number of benzene rings is 1. The number of aromatic nitrogens is 2. The number of rotatable bonds is 3. The first-order chi connectivity index (χ1) is 7.66. The molecule has 84 valence electrons. The number of hydrogen-bond donors (Lipinski definition) is 0. The highest BCUT2D eigenvalue weighted by Gasteiger charge is 2.04. The Balaban J connectivity index is 2.08. The molecule has 0 fully saturated rings. The van der Waals surface area contributed by atoms with Gasteiger partial charge in [-0.3, -0.25) is 4.68 Å². The summed E-state index contributed by atoms with van der Waals surface area (Å²) >= 11 is 2.27. The van der Waals surface area contributed by atoms with Crippen molar-refractivity contribution in [2.45, 2.75) is 13.5 Å². The van der Waals surface area contributed by atoms with Crippen LogP contribution in [0.3, 0.4) is 0 Å². The van der Waals surface area contributed by atoms with Gasteiger partial charge in [0, 0.05) is 7.05 Å². The van der Waals surface area contributed by atoms with Crippen molar-refractivity contribution >= 4 is 22.6 Å². The highest BCUT2D eigenvalue weighted by molar-refractivity contribution is 14.1. The largest absolute Gasteiger partial charge is 0.486 e. The Labute approximate surface area is 109 Å². The molecule has 0 aliphatic heterocycles. The van der Waals surface area contributed by atoms with Gasteiger partial charge in [-0.2, -0.15) is 5.10 Å². The van der Waals surface area contributed by atoms with Crippen LogP contribution in [0.1, 0.15) is 11.4 Å². The fourth-order valence-electron chi connectivity index (χ4n) is 1.51. The van der Waals surface area contributed by atoms with E-state index in [1.54, 1.807) is 0 Å². The van der Waals surface area contributed by atoms with Gasteiger partial charge < -0.3 is 4.74 Å². The lowest BCUT2D eigenvalue weighted by Crippen LogP contribution is -2.03. The Morgan fingerprint density at radius 2 is 2.12 bits per heavy atom. The van der Waals surface area contributed by atoms with Crippen LogP contribution in [0, 0.1) is 10.5 Å². The van der Waals surface area contributed by atoms with Gasteiger partial charge in [0.15, 0.2) is 0 Å². The van der Waals surface area contributed by atoms with Gasteiger partial charge in [-0.25, -0.2) is 0 Å². The smallest absolute Gasteiger partial charge is 0.133 e. The van der Waals surface area contributed by atoms with Crippen LogP contribution in [-0.2, 0) is 13.7 Å². The summed E-state index contributed by atoms with van der Waals surface area (Å²) in [6, 6.07) is 10.0. The minimum atomic E-state index is 0.553. The molecule has 2 aromatic rings. The zero-order valence-electron chi connectivity index (χ0n) is 9.27. The fourth-order valence-corrected chi connectivity index (χ4v) is 2.06. The molecule has 1 aromatic carbocycles. The topological polar surface area (TPSA) is 27.1 Å². The molecule has 0 aliphatic carbocycles. The maximum Gasteiger partial charge on any atom is 0.133 e. The molecule has 0 spiro atoms. The molecule has 0 saturated heterocycles. The summed E-state index contributed by atoms with van der Waals surface area (Å²) < 4.78 is 8.73. The van der Waals surface area contributed by atoms with Crippen molar-refractivity contribution in [2.75, 3.05) is 0 Å². The molecule has 0 radical (unpaired) electrons. The molecule has 0 amide bonds. The van der Waals surface area contributed by atoms with Crippen molar-refractivity contribution in [1.82, 2.24) is 9.78 Å². The van der Waals surface area contributed by atoms with Gasteiger partial charge in [-0.1, -0.05) is 12.1 Å². The first-order valence-corrected chi connectivity index (χ1v) is 6.11. The summed E-state index contributed by atoms with van der Waals surface area (Å²) in [4.78, 5) is 0. The predicted molar refractivity (Wildman–Crippen MR) is 71.4 cm³/mol. The van der Waals surface area contributed by atoms with E-state index in [1.807, 2.05) is 49.0 Å². The summed E-state index contributed by atoms with van der Waals surface area (Å²) in [5.74, 6) is 0.918. The summed E-state index contributed by atoms with van der Waals surface area (Å²) in [6.07, 6.45) is 0. The average molecular weight is 328 g/mol. The van der Waals surface area contributed by atoms with E-state index in [-0.39, 0.29) is 0 Å². The molecule has 3 nitrogen and oxygen atoms in total. The van der Waals surface area contributed by atoms with Crippen LogP contribution < -0.4 is 4.74 Å². The fraction of sp³-hybridized carbons (Fsp3) is 0.250. The molecule has 16 heavy (non-hydrogen) atoms. The third kappa shape index (κ3) is 2.55. The van der Waals surface area contributed by atoms with E-state index in [2.05, 4.69) is 27.7 Å². The van der Waals surface area contributed by atoms with E-state index in [4.69, 9.17) is 4.74 Å². The van der Waals surface area contributed by atoms with Gasteiger partial charge in [0.1, 0.15) is 12.4 Å². The summed E-state index contributed by atoms with van der Waals surface area (Å²) in [6.45, 7) is 2.53. The lowest BCUT2D eigenvalue weighted by Gasteiger charge is -2.07. The summed E-state index contributed by atoms with van der Waals surface area (Å²) in [5.41, 5.74) is 2.10. The average Bonchev–Trinajstić information content (AvgIpc) is 2.56. The van der Waals surface area contributed by atoms with Crippen molar-refractivity contribution in [2.24, 2.45) is 7.05 Å². The van der Waals surface area contributed by atoms with Crippen molar-refractivity contribution in [1.29, 1.82) is 0 Å². The van der Waals surface area contributed by atoms with E-state index >= 15 is 0 Å². The van der Waals surface area contributed by atoms with Crippen molar-refractivity contribution in [3.05, 3.63) is 45.3 Å². The Morgan fingerprint density at radius 1 is 1.38 bits per heavy atom. The normalized spacial score (nSPS) is 10.4. The SMILES string of the molecule is Cc1cc(COc2ccccc2I)n(C)n1. The second-order valence-corrected chi connectivity index (χ2v) is 4.78. The van der Waals surface area contributed by atoms with Crippen molar-refractivity contribution in [3.63, 3.8) is 0 Å². The van der Waals surface area contributed by atoms with E-state index in [0.717, 1.165) is 20.7 Å². The van der Waals surface area contributed by atoms with E-state index in [0.29, 0.717) is 6.61 Å². The van der Waals surface area contributed by atoms with E-state index in [9.17, 15) is 0 Å². The minimum absolute atomic E-state index is 0.553. The third-order valence-corrected chi connectivity index (χ3v) is 3.20. The van der Waals surface area contributed by atoms with Crippen LogP contribution in [0.4, 0.5) is 0 Å². The van der Waals surface area contributed by atoms with Crippen molar-refractivity contribution < 1.29 is 4.74 Å². The van der Waals surface area contributed by atoms with Gasteiger partial charge >= 0.3 is 0 Å². The summed E-state index contributed by atoms with van der Waals surface area (Å²) in [5, 5.41) is 4.28.